The maximum Gasteiger partial charge on any atom is 0.242 e. The number of hydrogen-bond donors (Lipinski definition) is 2. The first-order chi connectivity index (χ1) is 6.94. The third-order valence-electron chi connectivity index (χ3n) is 3.55. The van der Waals surface area contributed by atoms with E-state index in [9.17, 15) is 9.90 Å². The van der Waals surface area contributed by atoms with Crippen molar-refractivity contribution in [3.63, 3.8) is 0 Å². The van der Waals surface area contributed by atoms with E-state index in [1.54, 1.807) is 11.8 Å². The Bertz CT molecular complexity index is 241. The Labute approximate surface area is 91.4 Å². The van der Waals surface area contributed by atoms with Gasteiger partial charge in [0.1, 0.15) is 0 Å². The maximum atomic E-state index is 12.1. The van der Waals surface area contributed by atoms with E-state index in [1.165, 1.54) is 0 Å². The van der Waals surface area contributed by atoms with E-state index in [0.29, 0.717) is 12.3 Å². The van der Waals surface area contributed by atoms with Crippen molar-refractivity contribution in [2.75, 3.05) is 13.2 Å². The first-order valence-electron chi connectivity index (χ1n) is 5.64. The van der Waals surface area contributed by atoms with Crippen LogP contribution in [0.3, 0.4) is 0 Å². The molecule has 0 saturated carbocycles. The number of nitrogens with two attached hydrogens (primary N) is 1. The Balaban J connectivity index is 2.76. The second-order valence-electron chi connectivity index (χ2n) is 4.79. The molecule has 0 spiro atoms. The highest BCUT2D eigenvalue weighted by Gasteiger charge is 2.39. The lowest BCUT2D eigenvalue weighted by Gasteiger charge is -2.32. The van der Waals surface area contributed by atoms with Gasteiger partial charge in [0, 0.05) is 6.54 Å². The lowest BCUT2D eigenvalue weighted by molar-refractivity contribution is -0.138. The zero-order valence-corrected chi connectivity index (χ0v) is 9.86. The summed E-state index contributed by atoms with van der Waals surface area (Å²) in [4.78, 5) is 13.8. The van der Waals surface area contributed by atoms with Gasteiger partial charge < -0.3 is 15.7 Å². The second-order valence-corrected chi connectivity index (χ2v) is 4.79. The predicted molar refractivity (Wildman–Crippen MR) is 59.3 cm³/mol. The van der Waals surface area contributed by atoms with Crippen LogP contribution in [0.5, 0.6) is 0 Å². The van der Waals surface area contributed by atoms with Gasteiger partial charge in [0.2, 0.25) is 5.91 Å². The normalized spacial score (nSPS) is 30.3. The van der Waals surface area contributed by atoms with Crippen LogP contribution in [0.25, 0.3) is 0 Å². The van der Waals surface area contributed by atoms with Crippen LogP contribution in [0, 0.1) is 5.92 Å². The fourth-order valence-electron chi connectivity index (χ4n) is 2.02. The highest BCUT2D eigenvalue weighted by molar-refractivity contribution is 5.86. The highest BCUT2D eigenvalue weighted by atomic mass is 16.3. The molecule has 1 rings (SSSR count). The van der Waals surface area contributed by atoms with Gasteiger partial charge in [-0.3, -0.25) is 4.79 Å². The molecule has 3 N–H and O–H groups in total. The van der Waals surface area contributed by atoms with Crippen LogP contribution >= 0.6 is 0 Å². The van der Waals surface area contributed by atoms with E-state index in [1.807, 2.05) is 6.92 Å². The lowest BCUT2D eigenvalue weighted by atomic mass is 9.97. The third kappa shape index (κ3) is 2.32. The molecule has 0 aromatic heterocycles. The SMILES string of the molecule is CCC(C)(N)C(=O)N1CCC(C)C1CO. The average Bonchev–Trinajstić information content (AvgIpc) is 2.58. The number of carbonyl (C=O) groups excluding carboxylic acids is 1. The van der Waals surface area contributed by atoms with Crippen LogP contribution in [0.1, 0.15) is 33.6 Å². The van der Waals surface area contributed by atoms with E-state index >= 15 is 0 Å². The Morgan fingerprint density at radius 3 is 2.73 bits per heavy atom. The summed E-state index contributed by atoms with van der Waals surface area (Å²) in [6, 6.07) is -0.0491. The summed E-state index contributed by atoms with van der Waals surface area (Å²) in [5.41, 5.74) is 5.13. The molecule has 1 fully saturated rings. The smallest absolute Gasteiger partial charge is 0.242 e. The topological polar surface area (TPSA) is 66.6 Å². The molecule has 3 atom stereocenters. The largest absolute Gasteiger partial charge is 0.394 e. The quantitative estimate of drug-likeness (QED) is 0.712. The second kappa shape index (κ2) is 4.49. The third-order valence-corrected chi connectivity index (χ3v) is 3.55. The fraction of sp³-hybridized carbons (Fsp3) is 0.909. The van der Waals surface area contributed by atoms with E-state index in [2.05, 4.69) is 6.92 Å². The predicted octanol–water partition coefficient (Wildman–Crippen LogP) is 0.343. The number of aliphatic hydroxyl groups is 1. The molecule has 0 aromatic carbocycles. The van der Waals surface area contributed by atoms with Gasteiger partial charge in [0.05, 0.1) is 18.2 Å². The molecule has 0 bridgehead atoms. The number of likely N-dealkylation sites (tertiary alicyclic amines) is 1. The number of nitrogens with zero attached hydrogens (tertiary/aromatic N) is 1. The molecule has 88 valence electrons. The Hall–Kier alpha value is -0.610. The fourth-order valence-corrected chi connectivity index (χ4v) is 2.02. The van der Waals surface area contributed by atoms with Crippen LogP contribution in [0.2, 0.25) is 0 Å². The van der Waals surface area contributed by atoms with Crippen LogP contribution in [0.15, 0.2) is 0 Å². The van der Waals surface area contributed by atoms with Crippen LogP contribution in [0.4, 0.5) is 0 Å². The number of aliphatic hydroxyl groups excluding tert-OH is 1. The van der Waals surface area contributed by atoms with Crippen molar-refractivity contribution in [1.29, 1.82) is 0 Å². The monoisotopic (exact) mass is 214 g/mol. The van der Waals surface area contributed by atoms with Crippen molar-refractivity contribution in [3.05, 3.63) is 0 Å². The van der Waals surface area contributed by atoms with Crippen LogP contribution < -0.4 is 5.73 Å². The molecule has 1 aliphatic heterocycles. The van der Waals surface area contributed by atoms with Gasteiger partial charge in [-0.15, -0.1) is 0 Å². The molecular weight excluding hydrogens is 192 g/mol. The van der Waals surface area contributed by atoms with E-state index in [0.717, 1.165) is 13.0 Å². The summed E-state index contributed by atoms with van der Waals surface area (Å²) in [5.74, 6) is 0.333. The number of amides is 1. The maximum absolute atomic E-state index is 12.1. The molecule has 1 aliphatic rings. The van der Waals surface area contributed by atoms with Gasteiger partial charge in [-0.2, -0.15) is 0 Å². The summed E-state index contributed by atoms with van der Waals surface area (Å²) in [7, 11) is 0. The molecular formula is C11H22N2O2. The van der Waals surface area contributed by atoms with Crippen molar-refractivity contribution < 1.29 is 9.90 Å². The Kier molecular flexibility index (Phi) is 3.73. The van der Waals surface area contributed by atoms with Gasteiger partial charge in [-0.1, -0.05) is 13.8 Å². The minimum absolute atomic E-state index is 0.0339. The van der Waals surface area contributed by atoms with Gasteiger partial charge in [0.25, 0.3) is 0 Å². The molecule has 0 radical (unpaired) electrons. The average molecular weight is 214 g/mol. The van der Waals surface area contributed by atoms with Crippen molar-refractivity contribution in [2.45, 2.75) is 45.2 Å². The van der Waals surface area contributed by atoms with Crippen LogP contribution in [-0.2, 0) is 4.79 Å². The highest BCUT2D eigenvalue weighted by Crippen LogP contribution is 2.26. The molecule has 3 unspecified atom stereocenters. The van der Waals surface area contributed by atoms with Crippen molar-refractivity contribution in [3.8, 4) is 0 Å². The minimum Gasteiger partial charge on any atom is -0.394 e. The zero-order valence-electron chi connectivity index (χ0n) is 9.86. The molecule has 1 amide bonds. The molecule has 4 heteroatoms. The summed E-state index contributed by atoms with van der Waals surface area (Å²) >= 11 is 0. The van der Waals surface area contributed by atoms with Gasteiger partial charge in [-0.25, -0.2) is 0 Å². The molecule has 0 aromatic rings. The van der Waals surface area contributed by atoms with Gasteiger partial charge in [0.15, 0.2) is 0 Å². The first kappa shape index (κ1) is 12.5. The van der Waals surface area contributed by atoms with Gasteiger partial charge in [-0.05, 0) is 25.7 Å². The first-order valence-corrected chi connectivity index (χ1v) is 5.64. The van der Waals surface area contributed by atoms with E-state index in [4.69, 9.17) is 5.73 Å². The molecule has 1 heterocycles. The summed E-state index contributed by atoms with van der Waals surface area (Å²) in [6.45, 7) is 6.48. The number of hydrogen-bond acceptors (Lipinski definition) is 3. The molecule has 0 aliphatic carbocycles. The van der Waals surface area contributed by atoms with Crippen molar-refractivity contribution in [2.24, 2.45) is 11.7 Å². The minimum atomic E-state index is -0.794. The van der Waals surface area contributed by atoms with E-state index < -0.39 is 5.54 Å². The lowest BCUT2D eigenvalue weighted by Crippen LogP contribution is -2.55. The Morgan fingerprint density at radius 1 is 1.67 bits per heavy atom. The number of carbonyl (C=O) groups is 1. The standard InChI is InChI=1S/C11H22N2O2/c1-4-11(3,12)10(15)13-6-5-8(2)9(13)7-14/h8-9,14H,4-7,12H2,1-3H3. The van der Waals surface area contributed by atoms with Gasteiger partial charge >= 0.3 is 0 Å². The van der Waals surface area contributed by atoms with Crippen LogP contribution in [-0.4, -0.2) is 40.6 Å². The van der Waals surface area contributed by atoms with Crippen molar-refractivity contribution >= 4 is 5.91 Å². The number of rotatable bonds is 3. The summed E-state index contributed by atoms with van der Waals surface area (Å²) in [5, 5.41) is 9.26. The summed E-state index contributed by atoms with van der Waals surface area (Å²) < 4.78 is 0. The van der Waals surface area contributed by atoms with Crippen molar-refractivity contribution in [1.82, 2.24) is 4.90 Å². The zero-order chi connectivity index (χ0) is 11.6. The molecule has 4 nitrogen and oxygen atoms in total. The Morgan fingerprint density at radius 2 is 2.27 bits per heavy atom. The summed E-state index contributed by atoms with van der Waals surface area (Å²) in [6.07, 6.45) is 1.58. The molecule has 1 saturated heterocycles. The van der Waals surface area contributed by atoms with E-state index in [-0.39, 0.29) is 18.6 Å². The molecule has 15 heavy (non-hydrogen) atoms.